The summed E-state index contributed by atoms with van der Waals surface area (Å²) in [5.74, 6) is -2.78. The largest absolute Gasteiger partial charge is 0.466 e. The van der Waals surface area contributed by atoms with Crippen molar-refractivity contribution in [3.8, 4) is 0 Å². The van der Waals surface area contributed by atoms with Gasteiger partial charge in [0.25, 0.3) is 0 Å². The predicted molar refractivity (Wildman–Crippen MR) is 135 cm³/mol. The summed E-state index contributed by atoms with van der Waals surface area (Å²) in [5, 5.41) is 13.1. The van der Waals surface area contributed by atoms with E-state index >= 15 is 0 Å². The minimum absolute atomic E-state index is 0.199. The number of carbonyl (C=O) groups is 3. The lowest BCUT2D eigenvalue weighted by atomic mass is 9.66. The van der Waals surface area contributed by atoms with E-state index < -0.39 is 41.1 Å². The zero-order valence-corrected chi connectivity index (χ0v) is 22.0. The number of hydrogen-bond acceptors (Lipinski definition) is 7. The lowest BCUT2D eigenvalue weighted by Crippen LogP contribution is -2.56. The van der Waals surface area contributed by atoms with Crippen molar-refractivity contribution in [2.75, 3.05) is 36.5 Å². The fraction of sp³-hybridized carbons (Fsp3) is 0.667. The number of anilines is 2. The van der Waals surface area contributed by atoms with Gasteiger partial charge in [0, 0.05) is 24.5 Å². The lowest BCUT2D eigenvalue weighted by Gasteiger charge is -2.36. The van der Waals surface area contributed by atoms with Crippen molar-refractivity contribution in [3.05, 3.63) is 24.3 Å². The molecular formula is C27H39N3O6. The monoisotopic (exact) mass is 501 g/mol. The number of ether oxygens (including phenoxy) is 2. The molecule has 0 aromatic heterocycles. The fourth-order valence-electron chi connectivity index (χ4n) is 6.61. The summed E-state index contributed by atoms with van der Waals surface area (Å²) >= 11 is 0. The number of nitrogens with zero attached hydrogens (tertiary/aromatic N) is 2. The Morgan fingerprint density at radius 3 is 2.42 bits per heavy atom. The van der Waals surface area contributed by atoms with E-state index in [0.29, 0.717) is 24.9 Å². The minimum Gasteiger partial charge on any atom is -0.466 e. The molecule has 3 fully saturated rings. The van der Waals surface area contributed by atoms with E-state index in [1.54, 1.807) is 6.92 Å². The fourth-order valence-corrected chi connectivity index (χ4v) is 6.61. The molecule has 3 saturated heterocycles. The number of amides is 2. The van der Waals surface area contributed by atoms with E-state index in [-0.39, 0.29) is 25.0 Å². The average molecular weight is 502 g/mol. The molecule has 0 radical (unpaired) electrons. The Morgan fingerprint density at radius 1 is 1.19 bits per heavy atom. The Kier molecular flexibility index (Phi) is 7.35. The van der Waals surface area contributed by atoms with E-state index in [1.807, 2.05) is 38.1 Å². The van der Waals surface area contributed by atoms with Gasteiger partial charge >= 0.3 is 5.97 Å². The number of rotatable bonds is 10. The second-order valence-electron chi connectivity index (χ2n) is 10.2. The first-order valence-corrected chi connectivity index (χ1v) is 13.2. The molecule has 9 nitrogen and oxygen atoms in total. The highest BCUT2D eigenvalue weighted by molar-refractivity contribution is 6.03. The zero-order valence-electron chi connectivity index (χ0n) is 22.0. The van der Waals surface area contributed by atoms with E-state index in [4.69, 9.17) is 9.47 Å². The van der Waals surface area contributed by atoms with Crippen LogP contribution in [0.15, 0.2) is 24.3 Å². The van der Waals surface area contributed by atoms with Gasteiger partial charge in [-0.05, 0) is 71.2 Å². The highest BCUT2D eigenvalue weighted by Gasteiger charge is 2.78. The number of likely N-dealkylation sites (tertiary alicyclic amines) is 1. The molecule has 3 heterocycles. The summed E-state index contributed by atoms with van der Waals surface area (Å²) in [6.45, 7) is 11.3. The molecular weight excluding hydrogens is 462 g/mol. The Bertz CT molecular complexity index is 992. The van der Waals surface area contributed by atoms with Gasteiger partial charge in [0.1, 0.15) is 17.6 Å². The van der Waals surface area contributed by atoms with Crippen LogP contribution in [0.4, 0.5) is 11.4 Å². The van der Waals surface area contributed by atoms with E-state index in [9.17, 15) is 19.5 Å². The van der Waals surface area contributed by atoms with Gasteiger partial charge < -0.3 is 29.7 Å². The summed E-state index contributed by atoms with van der Waals surface area (Å²) in [7, 11) is 0. The third kappa shape index (κ3) is 3.96. The van der Waals surface area contributed by atoms with Crippen molar-refractivity contribution >= 4 is 29.2 Å². The molecule has 0 aliphatic carbocycles. The van der Waals surface area contributed by atoms with Gasteiger partial charge in [-0.2, -0.15) is 0 Å². The first-order chi connectivity index (χ1) is 17.2. The van der Waals surface area contributed by atoms with Crippen molar-refractivity contribution in [2.45, 2.75) is 77.2 Å². The Labute approximate surface area is 213 Å². The van der Waals surface area contributed by atoms with E-state index in [1.165, 1.54) is 4.90 Å². The normalized spacial score (nSPS) is 31.3. The Morgan fingerprint density at radius 2 is 1.86 bits per heavy atom. The molecule has 4 rings (SSSR count). The summed E-state index contributed by atoms with van der Waals surface area (Å²) in [5.41, 5.74) is -0.342. The molecule has 1 aromatic rings. The third-order valence-corrected chi connectivity index (χ3v) is 8.34. The Balaban J connectivity index is 1.69. The molecule has 3 aliphatic rings. The number of nitrogens with one attached hydrogen (secondary N) is 1. The van der Waals surface area contributed by atoms with Crippen LogP contribution in [-0.4, -0.2) is 77.4 Å². The molecule has 1 spiro atoms. The molecule has 36 heavy (non-hydrogen) atoms. The molecule has 6 atom stereocenters. The number of aliphatic hydroxyl groups is 1. The van der Waals surface area contributed by atoms with Crippen molar-refractivity contribution in [3.63, 3.8) is 0 Å². The van der Waals surface area contributed by atoms with Crippen LogP contribution in [0.5, 0.6) is 0 Å². The number of benzene rings is 1. The number of carbonyl (C=O) groups excluding carboxylic acids is 3. The molecule has 0 saturated carbocycles. The van der Waals surface area contributed by atoms with Crippen LogP contribution < -0.4 is 10.2 Å². The quantitative estimate of drug-likeness (QED) is 0.475. The van der Waals surface area contributed by atoms with Crippen LogP contribution in [0.1, 0.15) is 53.9 Å². The van der Waals surface area contributed by atoms with Gasteiger partial charge in [0.2, 0.25) is 11.8 Å². The predicted octanol–water partition coefficient (Wildman–Crippen LogP) is 2.57. The lowest BCUT2D eigenvalue weighted by molar-refractivity contribution is -0.160. The first kappa shape index (κ1) is 26.4. The topological polar surface area (TPSA) is 108 Å². The van der Waals surface area contributed by atoms with Crippen molar-refractivity contribution < 1.29 is 29.0 Å². The first-order valence-electron chi connectivity index (χ1n) is 13.2. The second kappa shape index (κ2) is 10.0. The third-order valence-electron chi connectivity index (χ3n) is 8.34. The van der Waals surface area contributed by atoms with Gasteiger partial charge in [-0.1, -0.05) is 6.92 Å². The standard InChI is InChI=1S/C27H39N3O6/c1-6-18(16-31)30-22(23(32)28-17-10-12-19(13-11-17)29(7-2)8-3)27-15-14-26(5,36-27)21(20(27)24(30)33)25(34)35-9-4/h10-13,18,20-22,31H,6-9,14-16H2,1-5H3,(H,28,32)/t18-,20-,21-,22?,26+,27?/m0/s1. The molecule has 3 aliphatic heterocycles. The number of hydrogen-bond donors (Lipinski definition) is 2. The summed E-state index contributed by atoms with van der Waals surface area (Å²) in [6.07, 6.45) is 1.49. The highest BCUT2D eigenvalue weighted by Crippen LogP contribution is 2.63. The zero-order chi connectivity index (χ0) is 26.3. The van der Waals surface area contributed by atoms with E-state index in [0.717, 1.165) is 18.8 Å². The van der Waals surface area contributed by atoms with Crippen molar-refractivity contribution in [2.24, 2.45) is 11.8 Å². The maximum absolute atomic E-state index is 13.9. The van der Waals surface area contributed by atoms with Gasteiger partial charge in [0.05, 0.1) is 30.8 Å². The summed E-state index contributed by atoms with van der Waals surface area (Å²) in [4.78, 5) is 44.5. The smallest absolute Gasteiger partial charge is 0.312 e. The molecule has 2 amide bonds. The van der Waals surface area contributed by atoms with Gasteiger partial charge in [-0.15, -0.1) is 0 Å². The van der Waals surface area contributed by atoms with Crippen LogP contribution in [0.3, 0.4) is 0 Å². The summed E-state index contributed by atoms with van der Waals surface area (Å²) < 4.78 is 11.9. The molecule has 2 bridgehead atoms. The summed E-state index contributed by atoms with van der Waals surface area (Å²) in [6, 6.07) is 6.09. The van der Waals surface area contributed by atoms with Gasteiger partial charge in [-0.3, -0.25) is 14.4 Å². The van der Waals surface area contributed by atoms with Crippen LogP contribution in [0.25, 0.3) is 0 Å². The minimum atomic E-state index is -1.14. The maximum Gasteiger partial charge on any atom is 0.312 e. The van der Waals surface area contributed by atoms with Crippen molar-refractivity contribution in [1.29, 1.82) is 0 Å². The number of fused-ring (bicyclic) bond motifs is 1. The van der Waals surface area contributed by atoms with Gasteiger partial charge in [-0.25, -0.2) is 0 Å². The average Bonchev–Trinajstić information content (AvgIpc) is 3.43. The van der Waals surface area contributed by atoms with Crippen LogP contribution in [-0.2, 0) is 23.9 Å². The van der Waals surface area contributed by atoms with Crippen LogP contribution in [0.2, 0.25) is 0 Å². The molecule has 198 valence electrons. The molecule has 2 N–H and O–H groups in total. The molecule has 9 heteroatoms. The van der Waals surface area contributed by atoms with Crippen molar-refractivity contribution in [1.82, 2.24) is 4.90 Å². The number of esters is 1. The Hall–Kier alpha value is -2.65. The molecule has 2 unspecified atom stereocenters. The maximum atomic E-state index is 13.9. The second-order valence-corrected chi connectivity index (χ2v) is 10.2. The van der Waals surface area contributed by atoms with Crippen LogP contribution >= 0.6 is 0 Å². The van der Waals surface area contributed by atoms with E-state index in [2.05, 4.69) is 24.1 Å². The number of aliphatic hydroxyl groups excluding tert-OH is 1. The van der Waals surface area contributed by atoms with Crippen LogP contribution in [0, 0.1) is 11.8 Å². The molecule has 1 aromatic carbocycles. The van der Waals surface area contributed by atoms with Gasteiger partial charge in [0.15, 0.2) is 0 Å². The SMILES string of the molecule is CCOC(=O)[C@@H]1[C@H]2C(=O)N([C@@H](CC)CO)C(C(=O)Nc3ccc(N(CC)CC)cc3)C23CC[C@@]1(C)O3. The highest BCUT2D eigenvalue weighted by atomic mass is 16.6.